The monoisotopic (exact) mass is 400 g/mol. The number of hydrazine groups is 1. The molecule has 0 aliphatic rings. The van der Waals surface area contributed by atoms with Gasteiger partial charge in [-0.25, -0.2) is 13.5 Å². The molecule has 0 fully saturated rings. The maximum absolute atomic E-state index is 13.1. The number of ether oxygens (including phenoxy) is 1. The highest BCUT2D eigenvalue weighted by Crippen LogP contribution is 2.15. The van der Waals surface area contributed by atoms with Crippen LogP contribution in [0.25, 0.3) is 5.69 Å². The average molecular weight is 400 g/mol. The number of amides is 2. The molecule has 0 aliphatic heterocycles. The van der Waals surface area contributed by atoms with Crippen LogP contribution in [0.4, 0.5) is 8.78 Å². The summed E-state index contributed by atoms with van der Waals surface area (Å²) in [6, 6.07) is 10.9. The molecule has 29 heavy (non-hydrogen) atoms. The Morgan fingerprint density at radius 3 is 2.21 bits per heavy atom. The van der Waals surface area contributed by atoms with Crippen LogP contribution in [0.1, 0.15) is 23.0 Å². The number of hydrogen-bond donors (Lipinski definition) is 2. The van der Waals surface area contributed by atoms with Crippen molar-refractivity contribution in [3.05, 3.63) is 77.6 Å². The van der Waals surface area contributed by atoms with Gasteiger partial charge in [0.05, 0.1) is 23.1 Å². The van der Waals surface area contributed by atoms with Gasteiger partial charge in [0.25, 0.3) is 11.8 Å². The molecule has 1 aromatic heterocycles. The summed E-state index contributed by atoms with van der Waals surface area (Å²) in [4.78, 5) is 24.5. The van der Waals surface area contributed by atoms with Crippen molar-refractivity contribution in [2.45, 2.75) is 20.0 Å². The summed E-state index contributed by atoms with van der Waals surface area (Å²) < 4.78 is 32.9. The van der Waals surface area contributed by atoms with Crippen LogP contribution >= 0.6 is 0 Å². The van der Waals surface area contributed by atoms with Gasteiger partial charge in [-0.05, 0) is 62.4 Å². The lowest BCUT2D eigenvalue weighted by molar-refractivity contribution is -0.128. The lowest BCUT2D eigenvalue weighted by Crippen LogP contribution is -2.47. The first-order chi connectivity index (χ1) is 13.8. The van der Waals surface area contributed by atoms with Crippen molar-refractivity contribution in [1.29, 1.82) is 0 Å². The van der Waals surface area contributed by atoms with Gasteiger partial charge in [0.2, 0.25) is 0 Å². The Kier molecular flexibility index (Phi) is 5.87. The normalized spacial score (nSPS) is 11.6. The molecule has 3 aromatic rings. The van der Waals surface area contributed by atoms with Crippen molar-refractivity contribution in [3.8, 4) is 11.4 Å². The fraction of sp³-hybridized carbons (Fsp3) is 0.150. The highest BCUT2D eigenvalue weighted by molar-refractivity contribution is 5.96. The smallest absolute Gasteiger partial charge is 0.279 e. The van der Waals surface area contributed by atoms with Crippen LogP contribution < -0.4 is 15.6 Å². The van der Waals surface area contributed by atoms with E-state index in [1.807, 2.05) is 0 Å². The summed E-state index contributed by atoms with van der Waals surface area (Å²) in [5.74, 6) is -1.64. The predicted octanol–water partition coefficient (Wildman–Crippen LogP) is 2.69. The molecule has 7 nitrogen and oxygen atoms in total. The van der Waals surface area contributed by atoms with Crippen LogP contribution in [-0.4, -0.2) is 27.7 Å². The largest absolute Gasteiger partial charge is 0.481 e. The number of carbonyl (C=O) groups is 2. The molecule has 2 aromatic carbocycles. The van der Waals surface area contributed by atoms with Gasteiger partial charge in [0.15, 0.2) is 6.10 Å². The molecule has 1 heterocycles. The zero-order chi connectivity index (χ0) is 21.0. The van der Waals surface area contributed by atoms with Crippen LogP contribution in [0.15, 0.2) is 54.7 Å². The second-order valence-corrected chi connectivity index (χ2v) is 6.19. The standard InChI is InChI=1S/C20H18F2N4O3/c1-12-18(11-23-26(12)16-7-3-14(21)4-8-16)20(28)25-24-19(27)13(2)29-17-9-5-15(22)6-10-17/h3-11,13H,1-2H3,(H,24,27)(H,25,28). The molecule has 0 radical (unpaired) electrons. The Labute approximate surface area is 165 Å². The van der Waals surface area contributed by atoms with E-state index in [1.165, 1.54) is 66.3 Å². The minimum atomic E-state index is -0.927. The molecule has 9 heteroatoms. The molecule has 3 rings (SSSR count). The summed E-state index contributed by atoms with van der Waals surface area (Å²) >= 11 is 0. The molecule has 150 valence electrons. The van der Waals surface area contributed by atoms with Crippen molar-refractivity contribution in [3.63, 3.8) is 0 Å². The van der Waals surface area contributed by atoms with E-state index in [0.29, 0.717) is 17.1 Å². The van der Waals surface area contributed by atoms with E-state index in [0.717, 1.165) is 0 Å². The summed E-state index contributed by atoms with van der Waals surface area (Å²) in [7, 11) is 0. The van der Waals surface area contributed by atoms with Gasteiger partial charge in [-0.3, -0.25) is 20.4 Å². The third-order valence-electron chi connectivity index (χ3n) is 4.12. The third-order valence-corrected chi connectivity index (χ3v) is 4.12. The number of rotatable bonds is 5. The van der Waals surface area contributed by atoms with E-state index in [-0.39, 0.29) is 11.4 Å². The summed E-state index contributed by atoms with van der Waals surface area (Å²) in [5, 5.41) is 4.13. The number of halogens is 2. The fourth-order valence-electron chi connectivity index (χ4n) is 2.53. The Morgan fingerprint density at radius 1 is 1.00 bits per heavy atom. The number of hydrogen-bond acceptors (Lipinski definition) is 4. The van der Waals surface area contributed by atoms with Gasteiger partial charge in [0, 0.05) is 0 Å². The van der Waals surface area contributed by atoms with Crippen LogP contribution in [-0.2, 0) is 4.79 Å². The fourth-order valence-corrected chi connectivity index (χ4v) is 2.53. The zero-order valence-electron chi connectivity index (χ0n) is 15.6. The molecule has 0 bridgehead atoms. The Balaban J connectivity index is 1.59. The van der Waals surface area contributed by atoms with Gasteiger partial charge in [-0.2, -0.15) is 5.10 Å². The minimum absolute atomic E-state index is 0.238. The van der Waals surface area contributed by atoms with E-state index >= 15 is 0 Å². The van der Waals surface area contributed by atoms with Gasteiger partial charge in [-0.15, -0.1) is 0 Å². The maximum Gasteiger partial charge on any atom is 0.279 e. The van der Waals surface area contributed by atoms with Gasteiger partial charge in [0.1, 0.15) is 17.4 Å². The van der Waals surface area contributed by atoms with E-state index < -0.39 is 23.7 Å². The number of benzene rings is 2. The summed E-state index contributed by atoms with van der Waals surface area (Å²) in [5.41, 5.74) is 5.91. The second-order valence-electron chi connectivity index (χ2n) is 6.19. The van der Waals surface area contributed by atoms with Crippen LogP contribution in [0.3, 0.4) is 0 Å². The molecule has 0 aliphatic carbocycles. The van der Waals surface area contributed by atoms with Crippen molar-refractivity contribution in [1.82, 2.24) is 20.6 Å². The topological polar surface area (TPSA) is 85.2 Å². The summed E-state index contributed by atoms with van der Waals surface area (Å²) in [6.45, 7) is 3.16. The van der Waals surface area contributed by atoms with Crippen LogP contribution in [0.5, 0.6) is 5.75 Å². The molecule has 1 unspecified atom stereocenters. The molecular formula is C20H18F2N4O3. The highest BCUT2D eigenvalue weighted by atomic mass is 19.1. The number of nitrogens with one attached hydrogen (secondary N) is 2. The third kappa shape index (κ3) is 4.75. The minimum Gasteiger partial charge on any atom is -0.481 e. The van der Waals surface area contributed by atoms with Gasteiger partial charge >= 0.3 is 0 Å². The number of nitrogens with zero attached hydrogens (tertiary/aromatic N) is 2. The predicted molar refractivity (Wildman–Crippen MR) is 100 cm³/mol. The molecule has 0 saturated carbocycles. The van der Waals surface area contributed by atoms with E-state index in [1.54, 1.807) is 6.92 Å². The SMILES string of the molecule is Cc1c(C(=O)NNC(=O)C(C)Oc2ccc(F)cc2)cnn1-c1ccc(F)cc1. The zero-order valence-corrected chi connectivity index (χ0v) is 15.6. The van der Waals surface area contributed by atoms with Gasteiger partial charge < -0.3 is 4.74 Å². The molecule has 2 amide bonds. The van der Waals surface area contributed by atoms with Crippen LogP contribution in [0, 0.1) is 18.6 Å². The second kappa shape index (κ2) is 8.51. The average Bonchev–Trinajstić information content (AvgIpc) is 3.09. The van der Waals surface area contributed by atoms with Crippen molar-refractivity contribution in [2.24, 2.45) is 0 Å². The van der Waals surface area contributed by atoms with Crippen molar-refractivity contribution >= 4 is 11.8 Å². The van der Waals surface area contributed by atoms with E-state index in [4.69, 9.17) is 4.74 Å². The van der Waals surface area contributed by atoms with E-state index in [9.17, 15) is 18.4 Å². The first kappa shape index (κ1) is 20.0. The van der Waals surface area contributed by atoms with E-state index in [2.05, 4.69) is 16.0 Å². The molecule has 0 saturated heterocycles. The molecular weight excluding hydrogens is 382 g/mol. The Hall–Kier alpha value is -3.75. The lowest BCUT2D eigenvalue weighted by Gasteiger charge is -2.15. The first-order valence-corrected chi connectivity index (χ1v) is 8.68. The molecule has 0 spiro atoms. The molecule has 1 atom stereocenters. The summed E-state index contributed by atoms with van der Waals surface area (Å²) in [6.07, 6.45) is 0.419. The Morgan fingerprint density at radius 2 is 1.59 bits per heavy atom. The van der Waals surface area contributed by atoms with Crippen molar-refractivity contribution < 1.29 is 23.1 Å². The van der Waals surface area contributed by atoms with Crippen LogP contribution in [0.2, 0.25) is 0 Å². The van der Waals surface area contributed by atoms with Gasteiger partial charge in [-0.1, -0.05) is 0 Å². The maximum atomic E-state index is 13.1. The first-order valence-electron chi connectivity index (χ1n) is 8.68. The number of carbonyl (C=O) groups excluding carboxylic acids is 2. The number of aromatic nitrogens is 2. The van der Waals surface area contributed by atoms with Crippen molar-refractivity contribution in [2.75, 3.05) is 0 Å². The molecule has 2 N–H and O–H groups in total. The lowest BCUT2D eigenvalue weighted by atomic mass is 10.2. The quantitative estimate of drug-likeness (QED) is 0.645. The Bertz CT molecular complexity index is 1020. The highest BCUT2D eigenvalue weighted by Gasteiger charge is 2.19.